The van der Waals surface area contributed by atoms with Crippen LogP contribution in [0.4, 0.5) is 0 Å². The van der Waals surface area contributed by atoms with Gasteiger partial charge < -0.3 is 15.0 Å². The fourth-order valence-corrected chi connectivity index (χ4v) is 2.92. The Morgan fingerprint density at radius 1 is 1.41 bits per heavy atom. The summed E-state index contributed by atoms with van der Waals surface area (Å²) >= 11 is 6.00. The molecule has 5 heteroatoms. The van der Waals surface area contributed by atoms with E-state index < -0.39 is 0 Å². The maximum absolute atomic E-state index is 12.5. The summed E-state index contributed by atoms with van der Waals surface area (Å²) in [6.07, 6.45) is 3.01. The number of aryl methyl sites for hydroxylation is 1. The lowest BCUT2D eigenvalue weighted by Crippen LogP contribution is -2.48. The lowest BCUT2D eigenvalue weighted by Gasteiger charge is -2.34. The van der Waals surface area contributed by atoms with Crippen LogP contribution in [0.1, 0.15) is 31.7 Å². The molecule has 22 heavy (non-hydrogen) atoms. The standard InChI is InChI=1S/C17H25ClN2O2/c1-3-10-20(14-6-8-19-9-7-14)17(21)12-22-15-4-5-16(18)13(2)11-15/h4-5,11,14,19H,3,6-10,12H2,1-2H3. The Labute approximate surface area is 137 Å². The summed E-state index contributed by atoms with van der Waals surface area (Å²) in [5, 5.41) is 4.05. The predicted molar refractivity (Wildman–Crippen MR) is 89.6 cm³/mol. The summed E-state index contributed by atoms with van der Waals surface area (Å²) in [7, 11) is 0. The molecule has 0 spiro atoms. The van der Waals surface area contributed by atoms with Gasteiger partial charge in [0.1, 0.15) is 5.75 Å². The summed E-state index contributed by atoms with van der Waals surface area (Å²) < 4.78 is 5.66. The van der Waals surface area contributed by atoms with Gasteiger partial charge >= 0.3 is 0 Å². The number of carbonyl (C=O) groups is 1. The molecule has 4 nitrogen and oxygen atoms in total. The Balaban J connectivity index is 1.93. The van der Waals surface area contributed by atoms with Crippen molar-refractivity contribution < 1.29 is 9.53 Å². The third kappa shape index (κ3) is 4.62. The number of hydrogen-bond donors (Lipinski definition) is 1. The van der Waals surface area contributed by atoms with Crippen LogP contribution in [0.5, 0.6) is 5.75 Å². The van der Waals surface area contributed by atoms with E-state index in [-0.39, 0.29) is 12.5 Å². The average molecular weight is 325 g/mol. The van der Waals surface area contributed by atoms with Crippen molar-refractivity contribution in [3.8, 4) is 5.75 Å². The molecule has 0 unspecified atom stereocenters. The highest BCUT2D eigenvalue weighted by Crippen LogP contribution is 2.21. The number of hydrogen-bond acceptors (Lipinski definition) is 3. The topological polar surface area (TPSA) is 41.6 Å². The van der Waals surface area contributed by atoms with E-state index in [0.717, 1.165) is 44.5 Å². The van der Waals surface area contributed by atoms with Gasteiger partial charge in [-0.25, -0.2) is 0 Å². The van der Waals surface area contributed by atoms with Crippen LogP contribution in [0, 0.1) is 6.92 Å². The molecule has 1 saturated heterocycles. The third-order valence-electron chi connectivity index (χ3n) is 4.03. The van der Waals surface area contributed by atoms with E-state index in [2.05, 4.69) is 12.2 Å². The second-order valence-corrected chi connectivity index (χ2v) is 6.18. The first-order valence-electron chi connectivity index (χ1n) is 8.01. The highest BCUT2D eigenvalue weighted by Gasteiger charge is 2.24. The highest BCUT2D eigenvalue weighted by molar-refractivity contribution is 6.31. The van der Waals surface area contributed by atoms with E-state index in [4.69, 9.17) is 16.3 Å². The van der Waals surface area contributed by atoms with Gasteiger partial charge in [0.05, 0.1) is 0 Å². The number of nitrogens with one attached hydrogen (secondary N) is 1. The molecule has 1 aromatic carbocycles. The van der Waals surface area contributed by atoms with Gasteiger partial charge in [-0.15, -0.1) is 0 Å². The van der Waals surface area contributed by atoms with Crippen LogP contribution in [0.2, 0.25) is 5.02 Å². The maximum atomic E-state index is 12.5. The van der Waals surface area contributed by atoms with Gasteiger partial charge in [0.15, 0.2) is 6.61 Å². The van der Waals surface area contributed by atoms with Crippen molar-refractivity contribution >= 4 is 17.5 Å². The minimum absolute atomic E-state index is 0.0707. The normalized spacial score (nSPS) is 15.6. The zero-order chi connectivity index (χ0) is 15.9. The van der Waals surface area contributed by atoms with Gasteiger partial charge in [0, 0.05) is 17.6 Å². The van der Waals surface area contributed by atoms with E-state index in [1.165, 1.54) is 0 Å². The van der Waals surface area contributed by atoms with Gasteiger partial charge in [-0.05, 0) is 63.0 Å². The molecule has 0 radical (unpaired) electrons. The number of benzene rings is 1. The van der Waals surface area contributed by atoms with Gasteiger partial charge in [-0.3, -0.25) is 4.79 Å². The van der Waals surface area contributed by atoms with Crippen molar-refractivity contribution in [3.63, 3.8) is 0 Å². The van der Waals surface area contributed by atoms with Crippen molar-refractivity contribution in [3.05, 3.63) is 28.8 Å². The van der Waals surface area contributed by atoms with Crippen LogP contribution in [0.25, 0.3) is 0 Å². The summed E-state index contributed by atoms with van der Waals surface area (Å²) in [6.45, 7) is 6.88. The monoisotopic (exact) mass is 324 g/mol. The molecule has 1 amide bonds. The van der Waals surface area contributed by atoms with Gasteiger partial charge in [-0.2, -0.15) is 0 Å². The predicted octanol–water partition coefficient (Wildman–Crippen LogP) is 3.02. The molecule has 0 aliphatic carbocycles. The molecule has 0 atom stereocenters. The maximum Gasteiger partial charge on any atom is 0.260 e. The van der Waals surface area contributed by atoms with Crippen molar-refractivity contribution in [1.82, 2.24) is 10.2 Å². The van der Waals surface area contributed by atoms with Crippen molar-refractivity contribution in [2.45, 2.75) is 39.2 Å². The molecular formula is C17H25ClN2O2. The summed E-state index contributed by atoms with van der Waals surface area (Å²) in [4.78, 5) is 14.5. The van der Waals surface area contributed by atoms with Crippen LogP contribution in [-0.2, 0) is 4.79 Å². The van der Waals surface area contributed by atoms with Crippen molar-refractivity contribution in [1.29, 1.82) is 0 Å². The number of nitrogens with zero attached hydrogens (tertiary/aromatic N) is 1. The van der Waals surface area contributed by atoms with Gasteiger partial charge in [-0.1, -0.05) is 18.5 Å². The van der Waals surface area contributed by atoms with Crippen molar-refractivity contribution in [2.75, 3.05) is 26.2 Å². The molecule has 1 fully saturated rings. The number of rotatable bonds is 6. The van der Waals surface area contributed by atoms with E-state index in [0.29, 0.717) is 16.8 Å². The molecule has 1 aromatic rings. The molecule has 1 aliphatic heterocycles. The van der Waals surface area contributed by atoms with Crippen LogP contribution in [0.3, 0.4) is 0 Å². The summed E-state index contributed by atoms with van der Waals surface area (Å²) in [6, 6.07) is 5.80. The smallest absolute Gasteiger partial charge is 0.260 e. The van der Waals surface area contributed by atoms with E-state index >= 15 is 0 Å². The molecule has 0 aromatic heterocycles. The zero-order valence-corrected chi connectivity index (χ0v) is 14.2. The Hall–Kier alpha value is -1.26. The SMILES string of the molecule is CCCN(C(=O)COc1ccc(Cl)c(C)c1)C1CCNCC1. The first kappa shape index (κ1) is 17.1. The zero-order valence-electron chi connectivity index (χ0n) is 13.4. The van der Waals surface area contributed by atoms with Crippen molar-refractivity contribution in [2.24, 2.45) is 0 Å². The van der Waals surface area contributed by atoms with Crippen LogP contribution in [0.15, 0.2) is 18.2 Å². The van der Waals surface area contributed by atoms with E-state index in [1.807, 2.05) is 17.9 Å². The minimum atomic E-state index is 0.0707. The summed E-state index contributed by atoms with van der Waals surface area (Å²) in [5.74, 6) is 0.762. The molecule has 122 valence electrons. The van der Waals surface area contributed by atoms with Crippen LogP contribution < -0.4 is 10.1 Å². The fourth-order valence-electron chi connectivity index (χ4n) is 2.81. The van der Waals surface area contributed by atoms with Crippen LogP contribution in [-0.4, -0.2) is 43.1 Å². The van der Waals surface area contributed by atoms with E-state index in [9.17, 15) is 4.79 Å². The third-order valence-corrected chi connectivity index (χ3v) is 4.45. The average Bonchev–Trinajstić information content (AvgIpc) is 2.54. The Kier molecular flexibility index (Phi) is 6.52. The van der Waals surface area contributed by atoms with Gasteiger partial charge in [0.2, 0.25) is 0 Å². The number of piperidine rings is 1. The Bertz CT molecular complexity index is 501. The Morgan fingerprint density at radius 3 is 2.77 bits per heavy atom. The molecule has 1 aliphatic rings. The number of amides is 1. The number of halogens is 1. The molecular weight excluding hydrogens is 300 g/mol. The lowest BCUT2D eigenvalue weighted by atomic mass is 10.0. The second-order valence-electron chi connectivity index (χ2n) is 5.77. The Morgan fingerprint density at radius 2 is 2.14 bits per heavy atom. The number of ether oxygens (including phenoxy) is 1. The molecule has 2 rings (SSSR count). The minimum Gasteiger partial charge on any atom is -0.484 e. The highest BCUT2D eigenvalue weighted by atomic mass is 35.5. The number of carbonyl (C=O) groups excluding carboxylic acids is 1. The lowest BCUT2D eigenvalue weighted by molar-refractivity contribution is -0.136. The summed E-state index contributed by atoms with van der Waals surface area (Å²) in [5.41, 5.74) is 0.954. The first-order valence-corrected chi connectivity index (χ1v) is 8.38. The largest absolute Gasteiger partial charge is 0.484 e. The van der Waals surface area contributed by atoms with E-state index in [1.54, 1.807) is 12.1 Å². The quantitative estimate of drug-likeness (QED) is 0.874. The molecule has 0 saturated carbocycles. The second kappa shape index (κ2) is 8.39. The molecule has 0 bridgehead atoms. The first-order chi connectivity index (χ1) is 10.6. The molecule has 1 heterocycles. The fraction of sp³-hybridized carbons (Fsp3) is 0.588. The van der Waals surface area contributed by atoms with Crippen LogP contribution >= 0.6 is 11.6 Å². The van der Waals surface area contributed by atoms with Gasteiger partial charge in [0.25, 0.3) is 5.91 Å². The molecule has 1 N–H and O–H groups in total.